The van der Waals surface area contributed by atoms with Crippen molar-refractivity contribution < 1.29 is 14.6 Å². The van der Waals surface area contributed by atoms with Crippen LogP contribution in [-0.2, 0) is 11.3 Å². The van der Waals surface area contributed by atoms with Crippen molar-refractivity contribution in [2.75, 3.05) is 11.9 Å². The van der Waals surface area contributed by atoms with Crippen LogP contribution in [0, 0.1) is 0 Å². The lowest BCUT2D eigenvalue weighted by Crippen LogP contribution is -2.30. The third-order valence-corrected chi connectivity index (χ3v) is 5.35. The van der Waals surface area contributed by atoms with E-state index in [-0.39, 0.29) is 30.6 Å². The van der Waals surface area contributed by atoms with E-state index in [1.54, 1.807) is 6.07 Å². The fraction of sp³-hybridized carbons (Fsp3) is 0.500. The van der Waals surface area contributed by atoms with Gasteiger partial charge in [-0.2, -0.15) is 10.1 Å². The predicted octanol–water partition coefficient (Wildman–Crippen LogP) is 3.67. The Hall–Kier alpha value is -3.20. The van der Waals surface area contributed by atoms with E-state index in [0.717, 1.165) is 22.3 Å². The molecule has 0 aliphatic rings. The molecule has 178 valence electrons. The Bertz CT molecular complexity index is 1170. The zero-order valence-corrected chi connectivity index (χ0v) is 20.2. The molecule has 9 nitrogen and oxygen atoms in total. The lowest BCUT2D eigenvalue weighted by Gasteiger charge is -2.18. The van der Waals surface area contributed by atoms with E-state index in [4.69, 9.17) is 14.7 Å². The smallest absolute Gasteiger partial charge is 0.308 e. The number of hydrogen-bond acceptors (Lipinski definition) is 7. The fourth-order valence-electron chi connectivity index (χ4n) is 3.67. The highest BCUT2D eigenvalue weighted by Gasteiger charge is 2.20. The van der Waals surface area contributed by atoms with Crippen molar-refractivity contribution in [1.29, 1.82) is 0 Å². The average molecular weight is 455 g/mol. The summed E-state index contributed by atoms with van der Waals surface area (Å²) in [6, 6.07) is 7.21. The number of rotatable bonds is 9. The Labute approximate surface area is 193 Å². The summed E-state index contributed by atoms with van der Waals surface area (Å²) in [5.74, 6) is 0.970. The minimum atomic E-state index is -0.358. The number of anilines is 1. The van der Waals surface area contributed by atoms with Gasteiger partial charge in [-0.25, -0.2) is 4.99 Å². The molecule has 0 saturated carbocycles. The molecule has 1 aromatic carbocycles. The molecule has 2 aromatic heterocycles. The number of carbonyl (C=O) groups is 1. The summed E-state index contributed by atoms with van der Waals surface area (Å²) >= 11 is 0. The molecule has 3 aromatic rings. The number of esters is 1. The maximum absolute atomic E-state index is 11.3. The van der Waals surface area contributed by atoms with Crippen molar-refractivity contribution in [2.24, 2.45) is 4.99 Å². The van der Waals surface area contributed by atoms with E-state index in [1.165, 1.54) is 6.92 Å². The molecular formula is C24H34N6O3. The SMILES string of the molecule is CCC(CO)N=c1nc(NCc2cccc(OC(C)=O)c2)c2n[nH]c(C(C)C)c2n1C(C)C. The molecule has 1 atom stereocenters. The van der Waals surface area contributed by atoms with E-state index >= 15 is 0 Å². The minimum Gasteiger partial charge on any atom is -0.427 e. The number of nitrogens with zero attached hydrogens (tertiary/aromatic N) is 4. The molecule has 2 heterocycles. The van der Waals surface area contributed by atoms with Gasteiger partial charge >= 0.3 is 5.97 Å². The summed E-state index contributed by atoms with van der Waals surface area (Å²) < 4.78 is 7.28. The zero-order chi connectivity index (χ0) is 24.1. The Morgan fingerprint density at radius 3 is 2.67 bits per heavy atom. The standard InChI is InChI=1S/C24H34N6O3/c1-7-18(13-31)26-24-27-23(25-12-17-9-8-10-19(11-17)33-16(6)32)21-22(30(24)15(4)5)20(14(2)3)28-29-21/h8-11,14-15,18,31H,7,12-13H2,1-6H3,(H,28,29)(H,25,26,27). The Morgan fingerprint density at radius 2 is 2.06 bits per heavy atom. The van der Waals surface area contributed by atoms with Gasteiger partial charge < -0.3 is 19.7 Å². The van der Waals surface area contributed by atoms with Gasteiger partial charge in [0.15, 0.2) is 11.3 Å². The first kappa shape index (κ1) is 24.4. The average Bonchev–Trinajstić information content (AvgIpc) is 3.20. The van der Waals surface area contributed by atoms with Gasteiger partial charge in [0.05, 0.1) is 23.9 Å². The van der Waals surface area contributed by atoms with Crippen LogP contribution in [0.1, 0.15) is 71.2 Å². The number of hydrogen-bond donors (Lipinski definition) is 3. The van der Waals surface area contributed by atoms with Gasteiger partial charge in [0.2, 0.25) is 5.62 Å². The number of aliphatic hydroxyl groups is 1. The van der Waals surface area contributed by atoms with Gasteiger partial charge in [-0.1, -0.05) is 32.9 Å². The van der Waals surface area contributed by atoms with Crippen molar-refractivity contribution >= 4 is 22.8 Å². The lowest BCUT2D eigenvalue weighted by atomic mass is 10.1. The maximum atomic E-state index is 11.3. The van der Waals surface area contributed by atoms with Gasteiger partial charge in [-0.05, 0) is 43.9 Å². The summed E-state index contributed by atoms with van der Waals surface area (Å²) in [6.07, 6.45) is 0.711. The van der Waals surface area contributed by atoms with E-state index in [0.29, 0.717) is 30.2 Å². The Kier molecular flexibility index (Phi) is 7.86. The first-order valence-electron chi connectivity index (χ1n) is 11.4. The van der Waals surface area contributed by atoms with Crippen molar-refractivity contribution in [3.8, 4) is 5.75 Å². The van der Waals surface area contributed by atoms with Crippen molar-refractivity contribution in [3.63, 3.8) is 0 Å². The van der Waals surface area contributed by atoms with E-state index in [9.17, 15) is 9.90 Å². The van der Waals surface area contributed by atoms with Crippen LogP contribution < -0.4 is 15.7 Å². The van der Waals surface area contributed by atoms with Crippen LogP contribution in [0.2, 0.25) is 0 Å². The molecule has 1 unspecified atom stereocenters. The van der Waals surface area contributed by atoms with Gasteiger partial charge in [-0.3, -0.25) is 9.89 Å². The molecular weight excluding hydrogens is 420 g/mol. The first-order valence-corrected chi connectivity index (χ1v) is 11.4. The molecule has 0 fully saturated rings. The second-order valence-corrected chi connectivity index (χ2v) is 8.68. The molecule has 0 amide bonds. The summed E-state index contributed by atoms with van der Waals surface area (Å²) in [4.78, 5) is 20.9. The third-order valence-electron chi connectivity index (χ3n) is 5.35. The zero-order valence-electron chi connectivity index (χ0n) is 20.2. The monoisotopic (exact) mass is 454 g/mol. The summed E-state index contributed by atoms with van der Waals surface area (Å²) in [6.45, 7) is 12.2. The van der Waals surface area contributed by atoms with E-state index in [2.05, 4.69) is 47.8 Å². The molecule has 3 rings (SSSR count). The Balaban J connectivity index is 2.12. The number of nitrogens with one attached hydrogen (secondary N) is 2. The molecule has 0 bridgehead atoms. The molecule has 33 heavy (non-hydrogen) atoms. The quantitative estimate of drug-likeness (QED) is 0.335. The van der Waals surface area contributed by atoms with Crippen molar-refractivity contribution in [2.45, 2.75) is 72.5 Å². The van der Waals surface area contributed by atoms with Gasteiger partial charge in [0, 0.05) is 19.5 Å². The topological polar surface area (TPSA) is 117 Å². The van der Waals surface area contributed by atoms with Crippen LogP contribution >= 0.6 is 0 Å². The number of carbonyl (C=O) groups excluding carboxylic acids is 1. The largest absolute Gasteiger partial charge is 0.427 e. The van der Waals surface area contributed by atoms with E-state index < -0.39 is 0 Å². The number of aromatic amines is 1. The van der Waals surface area contributed by atoms with Crippen LogP contribution in [0.5, 0.6) is 5.75 Å². The summed E-state index contributed by atoms with van der Waals surface area (Å²) in [5, 5.41) is 20.9. The van der Waals surface area contributed by atoms with Gasteiger partial charge in [-0.15, -0.1) is 0 Å². The molecule has 0 spiro atoms. The lowest BCUT2D eigenvalue weighted by molar-refractivity contribution is -0.131. The van der Waals surface area contributed by atoms with Gasteiger partial charge in [0.25, 0.3) is 0 Å². The molecule has 9 heteroatoms. The van der Waals surface area contributed by atoms with E-state index in [1.807, 2.05) is 25.1 Å². The number of aliphatic hydroxyl groups excluding tert-OH is 1. The van der Waals surface area contributed by atoms with Crippen molar-refractivity contribution in [1.82, 2.24) is 19.7 Å². The van der Waals surface area contributed by atoms with Crippen LogP contribution in [0.25, 0.3) is 11.0 Å². The molecule has 0 radical (unpaired) electrons. The van der Waals surface area contributed by atoms with Crippen LogP contribution in [0.15, 0.2) is 29.3 Å². The Morgan fingerprint density at radius 1 is 1.30 bits per heavy atom. The number of ether oxygens (including phenoxy) is 1. The van der Waals surface area contributed by atoms with Crippen molar-refractivity contribution in [3.05, 3.63) is 41.1 Å². The van der Waals surface area contributed by atoms with Crippen LogP contribution in [0.3, 0.4) is 0 Å². The second kappa shape index (κ2) is 10.6. The predicted molar refractivity (Wildman–Crippen MR) is 128 cm³/mol. The third kappa shape index (κ3) is 5.60. The molecule has 0 aliphatic carbocycles. The number of H-pyrrole nitrogens is 1. The number of benzene rings is 1. The van der Waals surface area contributed by atoms with Crippen LogP contribution in [-0.4, -0.2) is 43.5 Å². The highest BCUT2D eigenvalue weighted by molar-refractivity contribution is 5.87. The second-order valence-electron chi connectivity index (χ2n) is 8.68. The molecule has 0 aliphatic heterocycles. The fourth-order valence-corrected chi connectivity index (χ4v) is 3.67. The normalized spacial score (nSPS) is 13.2. The summed E-state index contributed by atoms with van der Waals surface area (Å²) in [5.41, 5.74) is 4.19. The molecule has 0 saturated heterocycles. The molecule has 3 N–H and O–H groups in total. The highest BCUT2D eigenvalue weighted by Crippen LogP contribution is 2.28. The maximum Gasteiger partial charge on any atom is 0.308 e. The van der Waals surface area contributed by atoms with Crippen LogP contribution in [0.4, 0.5) is 5.82 Å². The first-order chi connectivity index (χ1) is 15.7. The summed E-state index contributed by atoms with van der Waals surface area (Å²) in [7, 11) is 0. The van der Waals surface area contributed by atoms with Gasteiger partial charge in [0.1, 0.15) is 5.75 Å². The minimum absolute atomic E-state index is 0.0392. The number of aromatic nitrogens is 4. The highest BCUT2D eigenvalue weighted by atomic mass is 16.5. The number of fused-ring (bicyclic) bond motifs is 1.